The summed E-state index contributed by atoms with van der Waals surface area (Å²) in [6.45, 7) is 0.377. The van der Waals surface area contributed by atoms with E-state index in [1.807, 2.05) is 0 Å². The summed E-state index contributed by atoms with van der Waals surface area (Å²) in [6.07, 6.45) is 1.36. The minimum Gasteiger partial charge on any atom is -0.481 e. The van der Waals surface area contributed by atoms with Gasteiger partial charge in [0.1, 0.15) is 11.6 Å². The Morgan fingerprint density at radius 2 is 2.22 bits per heavy atom. The van der Waals surface area contributed by atoms with Crippen molar-refractivity contribution in [3.8, 4) is 0 Å². The van der Waals surface area contributed by atoms with Crippen molar-refractivity contribution < 1.29 is 18.7 Å². The molecule has 0 fully saturated rings. The summed E-state index contributed by atoms with van der Waals surface area (Å²) in [4.78, 5) is 10.5. The quantitative estimate of drug-likeness (QED) is 0.855. The van der Waals surface area contributed by atoms with Gasteiger partial charge < -0.3 is 14.8 Å². The minimum absolute atomic E-state index is 0.185. The number of rotatable bonds is 5. The molecule has 2 N–H and O–H groups in total. The Hall–Kier alpha value is -2.30. The van der Waals surface area contributed by atoms with Crippen molar-refractivity contribution in [3.05, 3.63) is 53.7 Å². The molecule has 1 aromatic carbocycles. The van der Waals surface area contributed by atoms with Crippen molar-refractivity contribution in [2.75, 3.05) is 5.32 Å². The third-order valence-corrected chi connectivity index (χ3v) is 2.42. The van der Waals surface area contributed by atoms with E-state index in [2.05, 4.69) is 5.32 Å². The number of furan rings is 1. The zero-order valence-electron chi connectivity index (χ0n) is 9.52. The molecule has 0 spiro atoms. The highest BCUT2D eigenvalue weighted by atomic mass is 19.1. The van der Waals surface area contributed by atoms with E-state index in [0.29, 0.717) is 23.6 Å². The number of carboxylic acids is 1. The van der Waals surface area contributed by atoms with E-state index in [0.717, 1.165) is 0 Å². The second-order valence-corrected chi connectivity index (χ2v) is 3.82. The van der Waals surface area contributed by atoms with Gasteiger partial charge in [0.15, 0.2) is 0 Å². The summed E-state index contributed by atoms with van der Waals surface area (Å²) in [5, 5.41) is 11.5. The molecular weight excluding hydrogens is 237 g/mol. The monoisotopic (exact) mass is 249 g/mol. The minimum atomic E-state index is -0.981. The van der Waals surface area contributed by atoms with E-state index in [-0.39, 0.29) is 6.42 Å². The third-order valence-electron chi connectivity index (χ3n) is 2.42. The molecule has 0 aliphatic carbocycles. The average molecular weight is 249 g/mol. The molecule has 0 radical (unpaired) electrons. The van der Waals surface area contributed by atoms with Crippen LogP contribution >= 0.6 is 0 Å². The van der Waals surface area contributed by atoms with Crippen molar-refractivity contribution >= 4 is 11.7 Å². The van der Waals surface area contributed by atoms with Crippen LogP contribution in [0.15, 0.2) is 41.0 Å². The molecule has 1 aromatic heterocycles. The molecule has 2 aromatic rings. The fraction of sp³-hybridized carbons (Fsp3) is 0.154. The number of nitrogens with one attached hydrogen (secondary N) is 1. The zero-order valence-corrected chi connectivity index (χ0v) is 9.52. The highest BCUT2D eigenvalue weighted by molar-refractivity contribution is 5.70. The number of hydrogen-bond donors (Lipinski definition) is 2. The summed E-state index contributed by atoms with van der Waals surface area (Å²) in [7, 11) is 0. The lowest BCUT2D eigenvalue weighted by Gasteiger charge is -2.07. The van der Waals surface area contributed by atoms with Crippen LogP contribution in [-0.2, 0) is 17.8 Å². The molecule has 0 bridgehead atoms. The highest BCUT2D eigenvalue weighted by Gasteiger charge is 2.06. The zero-order chi connectivity index (χ0) is 13.0. The molecule has 0 aliphatic heterocycles. The standard InChI is InChI=1S/C13H12FNO3/c14-11-6-9(7-13(16)17)3-4-12(11)15-8-10-2-1-5-18-10/h1-6,15H,7-8H2,(H,16,17). The first-order valence-electron chi connectivity index (χ1n) is 5.41. The van der Waals surface area contributed by atoms with E-state index >= 15 is 0 Å². The number of benzene rings is 1. The molecular formula is C13H12FNO3. The molecule has 4 nitrogen and oxygen atoms in total. The van der Waals surface area contributed by atoms with Crippen LogP contribution in [0.1, 0.15) is 11.3 Å². The Morgan fingerprint density at radius 1 is 1.39 bits per heavy atom. The van der Waals surface area contributed by atoms with E-state index in [1.54, 1.807) is 24.5 Å². The van der Waals surface area contributed by atoms with Gasteiger partial charge in [0.05, 0.1) is 24.9 Å². The van der Waals surface area contributed by atoms with Crippen molar-refractivity contribution in [2.24, 2.45) is 0 Å². The molecule has 0 unspecified atom stereocenters. The SMILES string of the molecule is O=C(O)Cc1ccc(NCc2ccco2)c(F)c1. The fourth-order valence-electron chi connectivity index (χ4n) is 1.58. The van der Waals surface area contributed by atoms with Crippen molar-refractivity contribution in [1.82, 2.24) is 0 Å². The van der Waals surface area contributed by atoms with Gasteiger partial charge in [0.2, 0.25) is 0 Å². The lowest BCUT2D eigenvalue weighted by molar-refractivity contribution is -0.136. The van der Waals surface area contributed by atoms with Crippen LogP contribution < -0.4 is 5.32 Å². The van der Waals surface area contributed by atoms with Gasteiger partial charge in [-0.2, -0.15) is 0 Å². The van der Waals surface area contributed by atoms with Crippen molar-refractivity contribution in [2.45, 2.75) is 13.0 Å². The number of carbonyl (C=O) groups is 1. The summed E-state index contributed by atoms with van der Waals surface area (Å²) < 4.78 is 18.8. The van der Waals surface area contributed by atoms with E-state index < -0.39 is 11.8 Å². The van der Waals surface area contributed by atoms with Crippen molar-refractivity contribution in [3.63, 3.8) is 0 Å². The van der Waals surface area contributed by atoms with Crippen LogP contribution in [-0.4, -0.2) is 11.1 Å². The van der Waals surface area contributed by atoms with Gasteiger partial charge in [-0.05, 0) is 29.8 Å². The van der Waals surface area contributed by atoms with Crippen LogP contribution in [0.25, 0.3) is 0 Å². The molecule has 5 heteroatoms. The predicted octanol–water partition coefficient (Wildman–Crippen LogP) is 2.66. The second-order valence-electron chi connectivity index (χ2n) is 3.82. The highest BCUT2D eigenvalue weighted by Crippen LogP contribution is 2.17. The number of anilines is 1. The number of aliphatic carboxylic acids is 1. The smallest absolute Gasteiger partial charge is 0.307 e. The third kappa shape index (κ3) is 3.10. The lowest BCUT2D eigenvalue weighted by Crippen LogP contribution is -2.03. The molecule has 0 atom stereocenters. The Balaban J connectivity index is 2.03. The van der Waals surface area contributed by atoms with Gasteiger partial charge in [-0.25, -0.2) is 4.39 Å². The predicted molar refractivity (Wildman–Crippen MR) is 63.8 cm³/mol. The molecule has 1 heterocycles. The van der Waals surface area contributed by atoms with Gasteiger partial charge in [0.25, 0.3) is 0 Å². The number of hydrogen-bond acceptors (Lipinski definition) is 3. The van der Waals surface area contributed by atoms with Crippen LogP contribution in [0.3, 0.4) is 0 Å². The molecule has 94 valence electrons. The molecule has 0 amide bonds. The summed E-state index contributed by atoms with van der Waals surface area (Å²) in [5.41, 5.74) is 0.754. The van der Waals surface area contributed by atoms with Crippen LogP contribution in [0.2, 0.25) is 0 Å². The van der Waals surface area contributed by atoms with Gasteiger partial charge in [-0.3, -0.25) is 4.79 Å². The maximum atomic E-state index is 13.6. The molecule has 18 heavy (non-hydrogen) atoms. The first-order valence-corrected chi connectivity index (χ1v) is 5.41. The van der Waals surface area contributed by atoms with E-state index in [9.17, 15) is 9.18 Å². The Bertz CT molecular complexity index is 537. The number of halogens is 1. The maximum Gasteiger partial charge on any atom is 0.307 e. The molecule has 0 saturated heterocycles. The lowest BCUT2D eigenvalue weighted by atomic mass is 10.1. The largest absolute Gasteiger partial charge is 0.481 e. The Morgan fingerprint density at radius 3 is 2.83 bits per heavy atom. The maximum absolute atomic E-state index is 13.6. The van der Waals surface area contributed by atoms with Gasteiger partial charge in [0, 0.05) is 0 Å². The van der Waals surface area contributed by atoms with Crippen LogP contribution in [0, 0.1) is 5.82 Å². The van der Waals surface area contributed by atoms with Gasteiger partial charge in [-0.15, -0.1) is 0 Å². The second kappa shape index (κ2) is 5.35. The van der Waals surface area contributed by atoms with Crippen LogP contribution in [0.5, 0.6) is 0 Å². The molecule has 0 saturated carbocycles. The Labute approximate surface area is 103 Å². The van der Waals surface area contributed by atoms with E-state index in [4.69, 9.17) is 9.52 Å². The normalized spacial score (nSPS) is 10.3. The first kappa shape index (κ1) is 12.2. The topological polar surface area (TPSA) is 62.5 Å². The summed E-state index contributed by atoms with van der Waals surface area (Å²) >= 11 is 0. The fourth-order valence-corrected chi connectivity index (χ4v) is 1.58. The van der Waals surface area contributed by atoms with Crippen LogP contribution in [0.4, 0.5) is 10.1 Å². The Kier molecular flexibility index (Phi) is 3.62. The van der Waals surface area contributed by atoms with Gasteiger partial charge in [-0.1, -0.05) is 6.07 Å². The summed E-state index contributed by atoms with van der Waals surface area (Å²) in [6, 6.07) is 7.86. The molecule has 2 rings (SSSR count). The van der Waals surface area contributed by atoms with Crippen molar-refractivity contribution in [1.29, 1.82) is 0 Å². The van der Waals surface area contributed by atoms with Gasteiger partial charge >= 0.3 is 5.97 Å². The first-order chi connectivity index (χ1) is 8.65. The average Bonchev–Trinajstić information content (AvgIpc) is 2.80. The molecule has 0 aliphatic rings. The summed E-state index contributed by atoms with van der Waals surface area (Å²) in [5.74, 6) is -0.755. The van der Waals surface area contributed by atoms with E-state index in [1.165, 1.54) is 12.1 Å². The number of carboxylic acid groups (broad SMARTS) is 1.